The van der Waals surface area contributed by atoms with Gasteiger partial charge in [0.05, 0.1) is 5.69 Å². The molecule has 12 heavy (non-hydrogen) atoms. The van der Waals surface area contributed by atoms with Gasteiger partial charge >= 0.3 is 51.4 Å². The van der Waals surface area contributed by atoms with Gasteiger partial charge in [-0.2, -0.15) is 9.37 Å². The van der Waals surface area contributed by atoms with E-state index in [-0.39, 0.29) is 67.1 Å². The number of hydrogen-bond donors (Lipinski definition) is 2. The molecular weight excluding hydrogens is 233 g/mol. The Morgan fingerprint density at radius 2 is 1.83 bits per heavy atom. The van der Waals surface area contributed by atoms with E-state index in [4.69, 9.17) is 34.0 Å². The number of nitrogen functional groups attached to an aromatic ring is 1. The van der Waals surface area contributed by atoms with E-state index < -0.39 is 11.8 Å². The first-order valence-corrected chi connectivity index (χ1v) is 3.28. The number of halogens is 3. The van der Waals surface area contributed by atoms with E-state index >= 15 is 0 Å². The number of aromatic nitrogens is 1. The van der Waals surface area contributed by atoms with Crippen molar-refractivity contribution in [3.8, 4) is 5.88 Å². The molecule has 3 N–H and O–H groups in total. The van der Waals surface area contributed by atoms with Crippen molar-refractivity contribution in [1.29, 1.82) is 0 Å². The number of nitrogens with zero attached hydrogens (tertiary/aromatic N) is 1. The van der Waals surface area contributed by atoms with Crippen molar-refractivity contribution in [2.45, 2.75) is 0 Å². The Morgan fingerprint density at radius 1 is 1.33 bits per heavy atom. The van der Waals surface area contributed by atoms with Gasteiger partial charge in [0.1, 0.15) is 10.0 Å². The molecule has 0 amide bonds. The van der Waals surface area contributed by atoms with Gasteiger partial charge in [-0.05, 0) is 0 Å². The first-order valence-electron chi connectivity index (χ1n) is 2.53. The summed E-state index contributed by atoms with van der Waals surface area (Å²) >= 11 is 10.7. The monoisotopic (exact) mass is 236 g/mol. The molecule has 1 rings (SSSR count). The average molecular weight is 237 g/mol. The molecule has 0 saturated heterocycles. The van der Waals surface area contributed by atoms with E-state index in [0.717, 1.165) is 0 Å². The first-order chi connectivity index (χ1) is 5.04. The summed E-state index contributed by atoms with van der Waals surface area (Å²) in [5.41, 5.74) is 4.97. The summed E-state index contributed by atoms with van der Waals surface area (Å²) in [6.45, 7) is 0. The minimum absolute atomic E-state index is 0. The Hall–Kier alpha value is 0.896. The Labute approximate surface area is 120 Å². The summed E-state index contributed by atoms with van der Waals surface area (Å²) in [5, 5.41) is 8.16. The summed E-state index contributed by atoms with van der Waals surface area (Å²) in [7, 11) is 0. The Morgan fingerprint density at radius 3 is 2.33 bits per heavy atom. The van der Waals surface area contributed by atoms with E-state index in [9.17, 15) is 4.39 Å². The Balaban J connectivity index is 0.00000121. The van der Waals surface area contributed by atoms with Crippen LogP contribution in [0.1, 0.15) is 0 Å². The zero-order valence-corrected chi connectivity index (χ0v) is 6.62. The Kier molecular flexibility index (Phi) is 5.32. The number of anilines is 1. The van der Waals surface area contributed by atoms with E-state index in [1.165, 1.54) is 0 Å². The summed E-state index contributed by atoms with van der Waals surface area (Å²) in [6, 6.07) is 0. The van der Waals surface area contributed by atoms with Crippen LogP contribution in [0.5, 0.6) is 5.88 Å². The molecular formula is C5H4Cl2FKN2O. The quantitative estimate of drug-likeness (QED) is 0.526. The van der Waals surface area contributed by atoms with Crippen LogP contribution in [-0.4, -0.2) is 61.5 Å². The van der Waals surface area contributed by atoms with E-state index in [1.807, 2.05) is 0 Å². The van der Waals surface area contributed by atoms with Crippen molar-refractivity contribution in [3.05, 3.63) is 16.0 Å². The molecule has 0 aliphatic carbocycles. The van der Waals surface area contributed by atoms with Crippen molar-refractivity contribution < 1.29 is 9.50 Å². The number of nitrogens with two attached hydrogens (primary N) is 1. The van der Waals surface area contributed by atoms with E-state index in [0.29, 0.717) is 0 Å². The second-order valence-corrected chi connectivity index (χ2v) is 2.52. The molecule has 1 aromatic rings. The molecule has 0 atom stereocenters. The maximum atomic E-state index is 12.5. The molecule has 1 aromatic heterocycles. The van der Waals surface area contributed by atoms with Crippen molar-refractivity contribution in [3.63, 3.8) is 0 Å². The fraction of sp³-hybridized carbons (Fsp3) is 0. The predicted molar refractivity (Wildman–Crippen MR) is 47.4 cm³/mol. The summed E-state index contributed by atoms with van der Waals surface area (Å²) in [5.74, 6) is -1.70. The summed E-state index contributed by atoms with van der Waals surface area (Å²) in [6.07, 6.45) is 0. The van der Waals surface area contributed by atoms with Gasteiger partial charge in [0, 0.05) is 0 Å². The van der Waals surface area contributed by atoms with Crippen LogP contribution in [0.15, 0.2) is 0 Å². The second kappa shape index (κ2) is 4.95. The number of rotatable bonds is 0. The number of pyridine rings is 1. The standard InChI is InChI=1S/C5H3Cl2FN2O.K.H/c6-1-3(9)2(7)5(11)10-4(1)8;;/h(H3,9,10,11);;. The van der Waals surface area contributed by atoms with Crippen LogP contribution >= 0.6 is 23.2 Å². The summed E-state index contributed by atoms with van der Waals surface area (Å²) in [4.78, 5) is 2.98. The van der Waals surface area contributed by atoms with Crippen LogP contribution in [0.2, 0.25) is 10.0 Å². The van der Waals surface area contributed by atoms with Gasteiger partial charge in [-0.25, -0.2) is 0 Å². The maximum absolute atomic E-state index is 12.5. The Bertz CT molecular complexity index is 284. The molecule has 0 aromatic carbocycles. The zero-order valence-electron chi connectivity index (χ0n) is 5.11. The van der Waals surface area contributed by atoms with E-state index in [2.05, 4.69) is 4.98 Å². The number of hydrogen-bond acceptors (Lipinski definition) is 3. The molecule has 0 radical (unpaired) electrons. The molecule has 0 unspecified atom stereocenters. The van der Waals surface area contributed by atoms with Crippen molar-refractivity contribution in [1.82, 2.24) is 4.98 Å². The van der Waals surface area contributed by atoms with Gasteiger partial charge in [-0.1, -0.05) is 23.2 Å². The van der Waals surface area contributed by atoms with Crippen LogP contribution in [0, 0.1) is 5.95 Å². The van der Waals surface area contributed by atoms with Crippen molar-refractivity contribution in [2.75, 3.05) is 5.73 Å². The third-order valence-corrected chi connectivity index (χ3v) is 1.79. The minimum atomic E-state index is -1.04. The number of aromatic hydroxyl groups is 1. The van der Waals surface area contributed by atoms with Gasteiger partial charge in [0.25, 0.3) is 0 Å². The molecule has 7 heteroatoms. The van der Waals surface area contributed by atoms with Crippen LogP contribution in [0.25, 0.3) is 0 Å². The van der Waals surface area contributed by atoms with Gasteiger partial charge < -0.3 is 10.8 Å². The third kappa shape index (κ3) is 2.44. The summed E-state index contributed by atoms with van der Waals surface area (Å²) < 4.78 is 12.5. The molecule has 0 bridgehead atoms. The second-order valence-electron chi connectivity index (χ2n) is 1.77. The topological polar surface area (TPSA) is 59.1 Å². The first kappa shape index (κ1) is 12.9. The van der Waals surface area contributed by atoms with Crippen LogP contribution < -0.4 is 5.73 Å². The molecule has 0 aliphatic rings. The van der Waals surface area contributed by atoms with Crippen molar-refractivity contribution in [2.24, 2.45) is 0 Å². The van der Waals surface area contributed by atoms with Crippen LogP contribution in [-0.2, 0) is 0 Å². The van der Waals surface area contributed by atoms with E-state index in [1.54, 1.807) is 0 Å². The van der Waals surface area contributed by atoms with Crippen LogP contribution in [0.3, 0.4) is 0 Å². The predicted octanol–water partition coefficient (Wildman–Crippen LogP) is 1.17. The van der Waals surface area contributed by atoms with Crippen molar-refractivity contribution >= 4 is 80.3 Å². The molecule has 0 spiro atoms. The van der Waals surface area contributed by atoms with Crippen LogP contribution in [0.4, 0.5) is 10.1 Å². The van der Waals surface area contributed by atoms with Gasteiger partial charge in [-0.15, -0.1) is 0 Å². The normalized spacial score (nSPS) is 9.25. The SMILES string of the molecule is Nc1c(Cl)c(O)nc(F)c1Cl.[KH]. The van der Waals surface area contributed by atoms with Gasteiger partial charge in [-0.3, -0.25) is 0 Å². The van der Waals surface area contributed by atoms with Gasteiger partial charge in [0.2, 0.25) is 11.8 Å². The fourth-order valence-electron chi connectivity index (χ4n) is 0.519. The molecule has 0 aliphatic heterocycles. The third-order valence-electron chi connectivity index (χ3n) is 1.05. The average Bonchev–Trinajstić information content (AvgIpc) is 1.97. The molecule has 62 valence electrons. The molecule has 3 nitrogen and oxygen atoms in total. The molecule has 0 fully saturated rings. The molecule has 1 heterocycles. The molecule has 0 saturated carbocycles. The zero-order chi connectivity index (χ0) is 8.59. The fourth-order valence-corrected chi connectivity index (χ4v) is 0.841. The van der Waals surface area contributed by atoms with Gasteiger partial charge in [0.15, 0.2) is 0 Å².